The van der Waals surface area contributed by atoms with E-state index in [-0.39, 0.29) is 24.4 Å². The lowest BCUT2D eigenvalue weighted by Crippen LogP contribution is -2.49. The number of benzene rings is 2. The minimum atomic E-state index is -0.640. The fraction of sp³-hybridized carbons (Fsp3) is 0.364. The summed E-state index contributed by atoms with van der Waals surface area (Å²) in [6.45, 7) is 5.68. The number of nitrogens with one attached hydrogen (secondary N) is 1. The van der Waals surface area contributed by atoms with Crippen LogP contribution in [0, 0.1) is 0 Å². The maximum Gasteiger partial charge on any atom is 0.242 e. The van der Waals surface area contributed by atoms with Crippen molar-refractivity contribution in [2.75, 3.05) is 5.75 Å². The summed E-state index contributed by atoms with van der Waals surface area (Å²) in [5.74, 6) is 0.303. The Bertz CT molecular complexity index is 811. The highest BCUT2D eigenvalue weighted by Gasteiger charge is 2.27. The fourth-order valence-corrected chi connectivity index (χ4v) is 4.14. The number of carbonyl (C=O) groups excluding carboxylic acids is 2. The zero-order chi connectivity index (χ0) is 21.4. The van der Waals surface area contributed by atoms with Crippen molar-refractivity contribution in [3.63, 3.8) is 0 Å². The summed E-state index contributed by atoms with van der Waals surface area (Å²) in [7, 11) is 0. The van der Waals surface area contributed by atoms with Crippen LogP contribution in [0.3, 0.4) is 0 Å². The maximum absolute atomic E-state index is 13.0. The van der Waals surface area contributed by atoms with Gasteiger partial charge in [-0.1, -0.05) is 47.5 Å². The Labute approximate surface area is 187 Å². The predicted octanol–water partition coefficient (Wildman–Crippen LogP) is 5.42. The van der Waals surface area contributed by atoms with Gasteiger partial charge in [0.2, 0.25) is 11.8 Å². The first kappa shape index (κ1) is 23.6. The number of rotatable bonds is 9. The number of carbonyl (C=O) groups is 2. The number of amides is 2. The molecule has 1 N–H and O–H groups in total. The van der Waals surface area contributed by atoms with Gasteiger partial charge in [0.05, 0.1) is 0 Å². The smallest absolute Gasteiger partial charge is 0.242 e. The second-order valence-corrected chi connectivity index (χ2v) is 8.96. The molecule has 0 heterocycles. The predicted molar refractivity (Wildman–Crippen MR) is 122 cm³/mol. The molecule has 2 amide bonds. The van der Waals surface area contributed by atoms with Crippen molar-refractivity contribution in [3.8, 4) is 0 Å². The van der Waals surface area contributed by atoms with Gasteiger partial charge < -0.3 is 10.2 Å². The molecule has 156 valence electrons. The van der Waals surface area contributed by atoms with Gasteiger partial charge in [0.1, 0.15) is 6.04 Å². The van der Waals surface area contributed by atoms with E-state index in [0.29, 0.717) is 27.8 Å². The van der Waals surface area contributed by atoms with Crippen LogP contribution in [0.4, 0.5) is 0 Å². The lowest BCUT2D eigenvalue weighted by atomic mass is 10.1. The minimum absolute atomic E-state index is 0.0144. The number of hydrogen-bond acceptors (Lipinski definition) is 3. The fourth-order valence-electron chi connectivity index (χ4n) is 2.76. The molecule has 1 unspecified atom stereocenters. The SMILES string of the molecule is CC(C)NC(=O)C(C)N(Cc1c(Cl)cccc1Cl)C(=O)CCSc1ccccc1. The Kier molecular flexibility index (Phi) is 9.34. The summed E-state index contributed by atoms with van der Waals surface area (Å²) in [6, 6.07) is 14.5. The van der Waals surface area contributed by atoms with Crippen molar-refractivity contribution in [1.82, 2.24) is 10.2 Å². The maximum atomic E-state index is 13.0. The summed E-state index contributed by atoms with van der Waals surface area (Å²) < 4.78 is 0. The largest absolute Gasteiger partial charge is 0.352 e. The van der Waals surface area contributed by atoms with E-state index in [0.717, 1.165) is 4.90 Å². The van der Waals surface area contributed by atoms with Crippen LogP contribution in [0.25, 0.3) is 0 Å². The highest BCUT2D eigenvalue weighted by Crippen LogP contribution is 2.27. The molecule has 0 aliphatic rings. The van der Waals surface area contributed by atoms with E-state index in [4.69, 9.17) is 23.2 Å². The normalized spacial score (nSPS) is 11.9. The van der Waals surface area contributed by atoms with E-state index in [1.807, 2.05) is 44.2 Å². The molecule has 0 fully saturated rings. The molecule has 0 aliphatic heterocycles. The molecule has 0 bridgehead atoms. The van der Waals surface area contributed by atoms with Crippen LogP contribution in [0.5, 0.6) is 0 Å². The summed E-state index contributed by atoms with van der Waals surface area (Å²) in [5.41, 5.74) is 0.643. The van der Waals surface area contributed by atoms with Crippen molar-refractivity contribution in [2.24, 2.45) is 0 Å². The molecule has 0 radical (unpaired) electrons. The van der Waals surface area contributed by atoms with Crippen molar-refractivity contribution >= 4 is 46.8 Å². The van der Waals surface area contributed by atoms with E-state index >= 15 is 0 Å². The Morgan fingerprint density at radius 1 is 1.00 bits per heavy atom. The summed E-state index contributed by atoms with van der Waals surface area (Å²) in [6.07, 6.45) is 0.306. The van der Waals surface area contributed by atoms with Crippen LogP contribution in [-0.4, -0.2) is 34.6 Å². The minimum Gasteiger partial charge on any atom is -0.352 e. The second-order valence-electron chi connectivity index (χ2n) is 6.97. The Hall–Kier alpha value is -1.69. The summed E-state index contributed by atoms with van der Waals surface area (Å²) in [4.78, 5) is 28.3. The number of hydrogen-bond donors (Lipinski definition) is 1. The van der Waals surface area contributed by atoms with Gasteiger partial charge in [0, 0.05) is 45.3 Å². The van der Waals surface area contributed by atoms with Crippen molar-refractivity contribution in [2.45, 2.75) is 50.7 Å². The molecule has 0 aliphatic carbocycles. The first-order valence-electron chi connectivity index (χ1n) is 9.50. The number of nitrogens with zero attached hydrogens (tertiary/aromatic N) is 1. The van der Waals surface area contributed by atoms with Gasteiger partial charge in [-0.2, -0.15) is 0 Å². The summed E-state index contributed by atoms with van der Waals surface area (Å²) >= 11 is 14.2. The highest BCUT2D eigenvalue weighted by atomic mass is 35.5. The molecule has 0 saturated heterocycles. The average molecular weight is 453 g/mol. The molecule has 4 nitrogen and oxygen atoms in total. The van der Waals surface area contributed by atoms with Crippen molar-refractivity contribution in [3.05, 3.63) is 64.1 Å². The lowest BCUT2D eigenvalue weighted by molar-refractivity contribution is -0.140. The molecule has 0 spiro atoms. The molecule has 2 aromatic rings. The average Bonchev–Trinajstić information content (AvgIpc) is 2.67. The van der Waals surface area contributed by atoms with Crippen LogP contribution in [0.1, 0.15) is 32.8 Å². The quantitative estimate of drug-likeness (QED) is 0.516. The highest BCUT2D eigenvalue weighted by molar-refractivity contribution is 7.99. The second kappa shape index (κ2) is 11.5. The van der Waals surface area contributed by atoms with Gasteiger partial charge >= 0.3 is 0 Å². The topological polar surface area (TPSA) is 49.4 Å². The van der Waals surface area contributed by atoms with Gasteiger partial charge in [-0.3, -0.25) is 9.59 Å². The van der Waals surface area contributed by atoms with Crippen molar-refractivity contribution < 1.29 is 9.59 Å². The van der Waals surface area contributed by atoms with Crippen LogP contribution in [-0.2, 0) is 16.1 Å². The molecule has 2 aromatic carbocycles. The number of thioether (sulfide) groups is 1. The van der Waals surface area contributed by atoms with Gasteiger partial charge in [-0.15, -0.1) is 11.8 Å². The first-order chi connectivity index (χ1) is 13.8. The molecule has 1 atom stereocenters. The van der Waals surface area contributed by atoms with Crippen molar-refractivity contribution in [1.29, 1.82) is 0 Å². The molecular weight excluding hydrogens is 427 g/mol. The number of halogens is 2. The third kappa shape index (κ3) is 7.25. The molecule has 0 aromatic heterocycles. The van der Waals surface area contributed by atoms with Crippen LogP contribution >= 0.6 is 35.0 Å². The van der Waals surface area contributed by atoms with Gasteiger partial charge in [0.15, 0.2) is 0 Å². The van der Waals surface area contributed by atoms with E-state index in [9.17, 15) is 9.59 Å². The zero-order valence-electron chi connectivity index (χ0n) is 16.8. The third-order valence-corrected chi connectivity index (χ3v) is 6.04. The van der Waals surface area contributed by atoms with Gasteiger partial charge in [-0.25, -0.2) is 0 Å². The van der Waals surface area contributed by atoms with E-state index in [1.165, 1.54) is 0 Å². The third-order valence-electron chi connectivity index (χ3n) is 4.32. The summed E-state index contributed by atoms with van der Waals surface area (Å²) in [5, 5.41) is 3.83. The van der Waals surface area contributed by atoms with E-state index < -0.39 is 6.04 Å². The van der Waals surface area contributed by atoms with Gasteiger partial charge in [-0.05, 0) is 45.0 Å². The molecule has 29 heavy (non-hydrogen) atoms. The standard InChI is InChI=1S/C22H26Cl2N2O2S/c1-15(2)25-22(28)16(3)26(14-18-19(23)10-7-11-20(18)24)21(27)12-13-29-17-8-5-4-6-9-17/h4-11,15-16H,12-14H2,1-3H3,(H,25,28). The lowest BCUT2D eigenvalue weighted by Gasteiger charge is -2.30. The van der Waals surface area contributed by atoms with E-state index in [1.54, 1.807) is 41.8 Å². The van der Waals surface area contributed by atoms with Crippen LogP contribution in [0.2, 0.25) is 10.0 Å². The van der Waals surface area contributed by atoms with Crippen LogP contribution < -0.4 is 5.32 Å². The first-order valence-corrected chi connectivity index (χ1v) is 11.2. The van der Waals surface area contributed by atoms with Crippen LogP contribution in [0.15, 0.2) is 53.4 Å². The van der Waals surface area contributed by atoms with E-state index in [2.05, 4.69) is 5.32 Å². The zero-order valence-corrected chi connectivity index (χ0v) is 19.2. The monoisotopic (exact) mass is 452 g/mol. The Morgan fingerprint density at radius 2 is 1.62 bits per heavy atom. The molecule has 0 saturated carbocycles. The molecule has 7 heteroatoms. The Balaban J connectivity index is 2.14. The molecular formula is C22H26Cl2N2O2S. The van der Waals surface area contributed by atoms with Gasteiger partial charge in [0.25, 0.3) is 0 Å². The Morgan fingerprint density at radius 3 is 2.21 bits per heavy atom. The molecule has 2 rings (SSSR count).